The van der Waals surface area contributed by atoms with Gasteiger partial charge in [-0.3, -0.25) is 0 Å². The lowest BCUT2D eigenvalue weighted by Crippen LogP contribution is -2.16. The first-order valence-electron chi connectivity index (χ1n) is 4.83. The van der Waals surface area contributed by atoms with Crippen LogP contribution in [-0.4, -0.2) is 19.1 Å². The first-order valence-corrected chi connectivity index (χ1v) is 4.83. The van der Waals surface area contributed by atoms with Crippen LogP contribution < -0.4 is 21.1 Å². The monoisotopic (exact) mass is 245 g/mol. The molecule has 0 atom stereocenters. The number of alkyl halides is 2. The van der Waals surface area contributed by atoms with Crippen LogP contribution in [0, 0.1) is 0 Å². The molecule has 0 fully saturated rings. The zero-order chi connectivity index (χ0) is 12.8. The van der Waals surface area contributed by atoms with Crippen LogP contribution in [0.15, 0.2) is 23.3 Å². The van der Waals surface area contributed by atoms with Crippen LogP contribution >= 0.6 is 0 Å². The first-order chi connectivity index (χ1) is 8.08. The molecule has 0 aliphatic carbocycles. The Labute approximate surface area is 97.0 Å². The quantitative estimate of drug-likeness (QED) is 0.354. The van der Waals surface area contributed by atoms with Gasteiger partial charge in [0, 0.05) is 5.56 Å². The number of nitrogens with two attached hydrogens (primary N) is 2. The van der Waals surface area contributed by atoms with Crippen molar-refractivity contribution in [1.82, 2.24) is 0 Å². The van der Waals surface area contributed by atoms with Gasteiger partial charge in [-0.05, 0) is 25.1 Å². The van der Waals surface area contributed by atoms with Crippen molar-refractivity contribution in [3.05, 3.63) is 23.8 Å². The number of rotatable bonds is 5. The number of hydrogen-bond acceptors (Lipinski definition) is 4. The Balaban J connectivity index is 3.07. The fourth-order valence-electron chi connectivity index (χ4n) is 1.20. The van der Waals surface area contributed by atoms with Crippen molar-refractivity contribution in [2.45, 2.75) is 13.5 Å². The molecule has 5 nitrogen and oxygen atoms in total. The summed E-state index contributed by atoms with van der Waals surface area (Å²) in [4.78, 5) is 0. The molecular formula is C10H13F2N3O2. The number of ether oxygens (including phenoxy) is 2. The highest BCUT2D eigenvalue weighted by Crippen LogP contribution is 2.29. The van der Waals surface area contributed by atoms with Gasteiger partial charge in [-0.25, -0.2) is 0 Å². The average molecular weight is 245 g/mol. The van der Waals surface area contributed by atoms with E-state index in [1.54, 1.807) is 6.92 Å². The highest BCUT2D eigenvalue weighted by Gasteiger charge is 2.12. The van der Waals surface area contributed by atoms with Crippen molar-refractivity contribution in [3.63, 3.8) is 0 Å². The fraction of sp³-hybridized carbons (Fsp3) is 0.300. The van der Waals surface area contributed by atoms with Crippen molar-refractivity contribution < 1.29 is 18.3 Å². The highest BCUT2D eigenvalue weighted by atomic mass is 19.3. The van der Waals surface area contributed by atoms with Gasteiger partial charge in [0.15, 0.2) is 11.5 Å². The zero-order valence-corrected chi connectivity index (χ0v) is 9.19. The summed E-state index contributed by atoms with van der Waals surface area (Å²) in [6.07, 6.45) is 0. The van der Waals surface area contributed by atoms with E-state index < -0.39 is 6.61 Å². The molecule has 1 aromatic carbocycles. The molecule has 0 heterocycles. The molecule has 7 heteroatoms. The first kappa shape index (κ1) is 13.0. The Morgan fingerprint density at radius 3 is 2.65 bits per heavy atom. The molecule has 0 radical (unpaired) electrons. The normalized spacial score (nSPS) is 11.6. The van der Waals surface area contributed by atoms with Gasteiger partial charge in [0.25, 0.3) is 0 Å². The fourth-order valence-corrected chi connectivity index (χ4v) is 1.20. The van der Waals surface area contributed by atoms with Crippen molar-refractivity contribution in [3.8, 4) is 11.5 Å². The lowest BCUT2D eigenvalue weighted by Gasteiger charge is -2.12. The van der Waals surface area contributed by atoms with E-state index in [4.69, 9.17) is 16.3 Å². The van der Waals surface area contributed by atoms with E-state index >= 15 is 0 Å². The van der Waals surface area contributed by atoms with Crippen LogP contribution in [0.1, 0.15) is 12.5 Å². The van der Waals surface area contributed by atoms with Crippen LogP contribution in [0.5, 0.6) is 11.5 Å². The maximum atomic E-state index is 12.1. The van der Waals surface area contributed by atoms with Gasteiger partial charge in [0.2, 0.25) is 0 Å². The van der Waals surface area contributed by atoms with E-state index in [9.17, 15) is 8.78 Å². The summed E-state index contributed by atoms with van der Waals surface area (Å²) >= 11 is 0. The standard InChI is InChI=1S/C10H13F2N3O2/c1-2-16-8-5-6(9(13)15-14)3-4-7(8)17-10(11)12/h3-5,10H,2,14H2,1H3,(H2,13,15). The Bertz CT molecular complexity index is 411. The Hall–Kier alpha value is -2.05. The molecule has 94 valence electrons. The van der Waals surface area contributed by atoms with Gasteiger partial charge in [0.1, 0.15) is 5.84 Å². The Morgan fingerprint density at radius 2 is 2.12 bits per heavy atom. The average Bonchev–Trinajstić information content (AvgIpc) is 2.30. The molecule has 0 amide bonds. The molecule has 0 bridgehead atoms. The van der Waals surface area contributed by atoms with Crippen LogP contribution in [0.3, 0.4) is 0 Å². The van der Waals surface area contributed by atoms with E-state index in [1.165, 1.54) is 18.2 Å². The molecule has 1 aromatic rings. The smallest absolute Gasteiger partial charge is 0.387 e. The summed E-state index contributed by atoms with van der Waals surface area (Å²) in [6, 6.07) is 4.23. The SMILES string of the molecule is CCOc1cc(/C(N)=N/N)ccc1OC(F)F. The van der Waals surface area contributed by atoms with E-state index in [0.29, 0.717) is 12.2 Å². The van der Waals surface area contributed by atoms with Crippen LogP contribution in [0.2, 0.25) is 0 Å². The van der Waals surface area contributed by atoms with Crippen LogP contribution in [0.25, 0.3) is 0 Å². The maximum Gasteiger partial charge on any atom is 0.387 e. The predicted octanol–water partition coefficient (Wildman–Crippen LogP) is 1.27. The number of benzene rings is 1. The van der Waals surface area contributed by atoms with Gasteiger partial charge in [0.05, 0.1) is 6.61 Å². The summed E-state index contributed by atoms with van der Waals surface area (Å²) in [5, 5.41) is 3.30. The van der Waals surface area contributed by atoms with Crippen molar-refractivity contribution in [1.29, 1.82) is 0 Å². The van der Waals surface area contributed by atoms with Crippen LogP contribution in [0.4, 0.5) is 8.78 Å². The van der Waals surface area contributed by atoms with Crippen molar-refractivity contribution in [2.24, 2.45) is 16.7 Å². The lowest BCUT2D eigenvalue weighted by molar-refractivity contribution is -0.0514. The molecule has 1 rings (SSSR count). The molecule has 17 heavy (non-hydrogen) atoms. The highest BCUT2D eigenvalue weighted by molar-refractivity contribution is 5.97. The Kier molecular flexibility index (Phi) is 4.50. The number of hydrogen-bond donors (Lipinski definition) is 2. The summed E-state index contributed by atoms with van der Waals surface area (Å²) in [6.45, 7) is -0.886. The number of nitrogens with zero attached hydrogens (tertiary/aromatic N) is 1. The lowest BCUT2D eigenvalue weighted by atomic mass is 10.2. The molecule has 4 N–H and O–H groups in total. The van der Waals surface area contributed by atoms with Gasteiger partial charge in [-0.15, -0.1) is 0 Å². The maximum absolute atomic E-state index is 12.1. The second-order valence-corrected chi connectivity index (χ2v) is 2.99. The minimum absolute atomic E-state index is 0.0598. The summed E-state index contributed by atoms with van der Waals surface area (Å²) in [5.41, 5.74) is 5.96. The van der Waals surface area contributed by atoms with E-state index in [1.807, 2.05) is 0 Å². The molecule has 0 unspecified atom stereocenters. The minimum atomic E-state index is -2.92. The molecule has 0 aliphatic rings. The summed E-state index contributed by atoms with van der Waals surface area (Å²) in [5.74, 6) is 5.20. The van der Waals surface area contributed by atoms with Gasteiger partial charge in [-0.1, -0.05) is 0 Å². The minimum Gasteiger partial charge on any atom is -0.490 e. The Morgan fingerprint density at radius 1 is 1.41 bits per heavy atom. The van der Waals surface area contributed by atoms with Gasteiger partial charge >= 0.3 is 6.61 Å². The zero-order valence-electron chi connectivity index (χ0n) is 9.19. The second kappa shape index (κ2) is 5.88. The molecule has 0 spiro atoms. The van der Waals surface area contributed by atoms with Crippen molar-refractivity contribution in [2.75, 3.05) is 6.61 Å². The van der Waals surface area contributed by atoms with E-state index in [0.717, 1.165) is 0 Å². The van der Waals surface area contributed by atoms with Crippen LogP contribution in [-0.2, 0) is 0 Å². The largest absolute Gasteiger partial charge is 0.490 e. The van der Waals surface area contributed by atoms with Gasteiger partial charge in [-0.2, -0.15) is 13.9 Å². The van der Waals surface area contributed by atoms with Crippen molar-refractivity contribution >= 4 is 5.84 Å². The summed E-state index contributed by atoms with van der Waals surface area (Å²) < 4.78 is 33.7. The topological polar surface area (TPSA) is 82.9 Å². The number of halogens is 2. The van der Waals surface area contributed by atoms with Gasteiger partial charge < -0.3 is 21.1 Å². The van der Waals surface area contributed by atoms with E-state index in [2.05, 4.69) is 9.84 Å². The predicted molar refractivity (Wildman–Crippen MR) is 59.2 cm³/mol. The molecule has 0 aliphatic heterocycles. The number of amidine groups is 1. The molecular weight excluding hydrogens is 232 g/mol. The van der Waals surface area contributed by atoms with E-state index in [-0.39, 0.29) is 17.3 Å². The summed E-state index contributed by atoms with van der Waals surface area (Å²) in [7, 11) is 0. The third-order valence-corrected chi connectivity index (χ3v) is 1.89. The molecule has 0 saturated carbocycles. The third kappa shape index (κ3) is 3.47. The molecule has 0 aromatic heterocycles. The second-order valence-electron chi connectivity index (χ2n) is 2.99. The number of hydrazone groups is 1. The molecule has 0 saturated heterocycles. The third-order valence-electron chi connectivity index (χ3n) is 1.89.